The van der Waals surface area contributed by atoms with Gasteiger partial charge in [-0.2, -0.15) is 0 Å². The van der Waals surface area contributed by atoms with Gasteiger partial charge in [-0.3, -0.25) is 0 Å². The maximum absolute atomic E-state index is 3.44. The second kappa shape index (κ2) is 7.38. The molecule has 1 nitrogen and oxygen atoms in total. The molecule has 0 radical (unpaired) electrons. The van der Waals surface area contributed by atoms with Crippen LogP contribution in [0.25, 0.3) is 0 Å². The van der Waals surface area contributed by atoms with Gasteiger partial charge in [0.1, 0.15) is 0 Å². The Labute approximate surface area is 112 Å². The van der Waals surface area contributed by atoms with Crippen molar-refractivity contribution in [3.63, 3.8) is 0 Å². The topological polar surface area (TPSA) is 12.0 Å². The van der Waals surface area contributed by atoms with E-state index in [9.17, 15) is 0 Å². The van der Waals surface area contributed by atoms with E-state index >= 15 is 0 Å². The summed E-state index contributed by atoms with van der Waals surface area (Å²) < 4.78 is 0. The Hall–Kier alpha value is -1.08. The number of allylic oxidation sites excluding steroid dienone is 1. The number of aryl methyl sites for hydroxylation is 2. The first-order valence-corrected chi connectivity index (χ1v) is 6.94. The molecule has 1 aromatic carbocycles. The molecule has 0 heterocycles. The fraction of sp³-hybridized carbons (Fsp3) is 0.529. The molecule has 0 aliphatic heterocycles. The van der Waals surface area contributed by atoms with Gasteiger partial charge in [0.25, 0.3) is 0 Å². The lowest BCUT2D eigenvalue weighted by Gasteiger charge is -2.10. The number of hydrogen-bond acceptors (Lipinski definition) is 1. The summed E-state index contributed by atoms with van der Waals surface area (Å²) in [6.07, 6.45) is 4.57. The van der Waals surface area contributed by atoms with E-state index in [2.05, 4.69) is 64.2 Å². The third-order valence-corrected chi connectivity index (χ3v) is 3.29. The van der Waals surface area contributed by atoms with Crippen LogP contribution in [0.15, 0.2) is 29.8 Å². The predicted octanol–water partition coefficient (Wildman–Crippen LogP) is 4.18. The van der Waals surface area contributed by atoms with E-state index in [1.165, 1.54) is 22.3 Å². The lowest BCUT2D eigenvalue weighted by atomic mass is 9.96. The molecule has 0 fully saturated rings. The fourth-order valence-corrected chi connectivity index (χ4v) is 2.17. The van der Waals surface area contributed by atoms with Crippen LogP contribution < -0.4 is 5.32 Å². The molecule has 0 bridgehead atoms. The van der Waals surface area contributed by atoms with Crippen LogP contribution in [0.3, 0.4) is 0 Å². The highest BCUT2D eigenvalue weighted by Gasteiger charge is 2.02. The predicted molar refractivity (Wildman–Crippen MR) is 81.1 cm³/mol. The van der Waals surface area contributed by atoms with Crippen molar-refractivity contribution in [1.82, 2.24) is 5.32 Å². The minimum absolute atomic E-state index is 0.581. The average molecular weight is 245 g/mol. The van der Waals surface area contributed by atoms with Crippen molar-refractivity contribution in [1.29, 1.82) is 0 Å². The lowest BCUT2D eigenvalue weighted by molar-refractivity contribution is 0.594. The van der Waals surface area contributed by atoms with Crippen molar-refractivity contribution in [2.24, 2.45) is 0 Å². The molecule has 100 valence electrons. The molecule has 0 atom stereocenters. The minimum Gasteiger partial charge on any atom is -0.314 e. The van der Waals surface area contributed by atoms with Crippen molar-refractivity contribution in [2.75, 3.05) is 6.54 Å². The molecular formula is C17H27N. The first-order valence-electron chi connectivity index (χ1n) is 6.94. The van der Waals surface area contributed by atoms with Gasteiger partial charge in [-0.25, -0.2) is 0 Å². The summed E-state index contributed by atoms with van der Waals surface area (Å²) in [6, 6.07) is 7.13. The number of rotatable bonds is 6. The van der Waals surface area contributed by atoms with Gasteiger partial charge in [-0.05, 0) is 56.8 Å². The molecule has 0 aromatic heterocycles. The summed E-state index contributed by atoms with van der Waals surface area (Å²) in [6.45, 7) is 12.1. The van der Waals surface area contributed by atoms with Crippen LogP contribution in [-0.2, 0) is 6.42 Å². The Morgan fingerprint density at radius 3 is 2.39 bits per heavy atom. The highest BCUT2D eigenvalue weighted by molar-refractivity contribution is 5.36. The molecule has 0 aliphatic carbocycles. The van der Waals surface area contributed by atoms with Crippen molar-refractivity contribution in [3.05, 3.63) is 46.5 Å². The summed E-state index contributed by atoms with van der Waals surface area (Å²) in [4.78, 5) is 0. The van der Waals surface area contributed by atoms with Gasteiger partial charge in [-0.15, -0.1) is 0 Å². The molecule has 0 aliphatic rings. The molecule has 0 spiro atoms. The second-order valence-electron chi connectivity index (χ2n) is 5.50. The zero-order valence-electron chi connectivity index (χ0n) is 12.5. The molecule has 0 unspecified atom stereocenters. The third kappa shape index (κ3) is 5.05. The van der Waals surface area contributed by atoms with Gasteiger partial charge in [0.2, 0.25) is 0 Å². The Morgan fingerprint density at radius 2 is 1.83 bits per heavy atom. The lowest BCUT2D eigenvalue weighted by Crippen LogP contribution is -2.23. The molecule has 1 aromatic rings. The highest BCUT2D eigenvalue weighted by atomic mass is 14.9. The van der Waals surface area contributed by atoms with Crippen molar-refractivity contribution >= 4 is 0 Å². The maximum Gasteiger partial charge on any atom is 0.00105 e. The summed E-state index contributed by atoms with van der Waals surface area (Å²) in [5.74, 6) is 0. The van der Waals surface area contributed by atoms with Crippen LogP contribution in [0, 0.1) is 13.8 Å². The van der Waals surface area contributed by atoms with Gasteiger partial charge in [0, 0.05) is 6.04 Å². The standard InChI is InChI=1S/C17H27N/c1-13(2)18-11-7-8-14(3)12-17-15(4)9-6-10-16(17)5/h6,8-10,13,18H,7,11-12H2,1-5H3/b14-8-. The summed E-state index contributed by atoms with van der Waals surface area (Å²) in [5.41, 5.74) is 5.77. The zero-order valence-corrected chi connectivity index (χ0v) is 12.5. The smallest absolute Gasteiger partial charge is 0.00105 e. The number of nitrogens with one attached hydrogen (secondary N) is 1. The van der Waals surface area contributed by atoms with Gasteiger partial charge < -0.3 is 5.32 Å². The van der Waals surface area contributed by atoms with E-state index < -0.39 is 0 Å². The van der Waals surface area contributed by atoms with Crippen molar-refractivity contribution < 1.29 is 0 Å². The van der Waals surface area contributed by atoms with Gasteiger partial charge in [-0.1, -0.05) is 43.7 Å². The molecule has 1 N–H and O–H groups in total. The molecule has 1 heteroatoms. The van der Waals surface area contributed by atoms with Gasteiger partial charge in [0.15, 0.2) is 0 Å². The molecular weight excluding hydrogens is 218 g/mol. The van der Waals surface area contributed by atoms with Crippen LogP contribution >= 0.6 is 0 Å². The Balaban J connectivity index is 2.53. The number of benzene rings is 1. The third-order valence-electron chi connectivity index (χ3n) is 3.29. The van der Waals surface area contributed by atoms with E-state index in [-0.39, 0.29) is 0 Å². The first-order chi connectivity index (χ1) is 8.50. The summed E-state index contributed by atoms with van der Waals surface area (Å²) >= 11 is 0. The van der Waals surface area contributed by atoms with E-state index in [0.717, 1.165) is 19.4 Å². The SMILES string of the molecule is C/C(=C/CCNC(C)C)Cc1c(C)cccc1C. The van der Waals surface area contributed by atoms with Crippen LogP contribution in [0.4, 0.5) is 0 Å². The van der Waals surface area contributed by atoms with E-state index in [1.807, 2.05) is 0 Å². The second-order valence-corrected chi connectivity index (χ2v) is 5.50. The Kier molecular flexibility index (Phi) is 6.14. The van der Waals surface area contributed by atoms with Crippen LogP contribution in [0.2, 0.25) is 0 Å². The highest BCUT2D eigenvalue weighted by Crippen LogP contribution is 2.17. The molecule has 1 rings (SSSR count). The van der Waals surface area contributed by atoms with Crippen LogP contribution in [0.1, 0.15) is 43.9 Å². The largest absolute Gasteiger partial charge is 0.314 e. The summed E-state index contributed by atoms with van der Waals surface area (Å²) in [7, 11) is 0. The van der Waals surface area contributed by atoms with Gasteiger partial charge >= 0.3 is 0 Å². The Bertz CT molecular complexity index is 382. The normalized spacial score (nSPS) is 12.2. The molecule has 0 saturated carbocycles. The summed E-state index contributed by atoms with van der Waals surface area (Å²) in [5, 5.41) is 3.44. The minimum atomic E-state index is 0.581. The fourth-order valence-electron chi connectivity index (χ4n) is 2.17. The molecule has 18 heavy (non-hydrogen) atoms. The number of hydrogen-bond donors (Lipinski definition) is 1. The van der Waals surface area contributed by atoms with Crippen LogP contribution in [-0.4, -0.2) is 12.6 Å². The van der Waals surface area contributed by atoms with Crippen molar-refractivity contribution in [2.45, 2.75) is 53.5 Å². The molecule has 0 saturated heterocycles. The zero-order chi connectivity index (χ0) is 13.5. The first kappa shape index (κ1) is 15.0. The maximum atomic E-state index is 3.44. The average Bonchev–Trinajstić information content (AvgIpc) is 2.29. The van der Waals surface area contributed by atoms with Crippen LogP contribution in [0.5, 0.6) is 0 Å². The quantitative estimate of drug-likeness (QED) is 0.585. The van der Waals surface area contributed by atoms with E-state index in [0.29, 0.717) is 6.04 Å². The van der Waals surface area contributed by atoms with Gasteiger partial charge in [0.05, 0.1) is 0 Å². The van der Waals surface area contributed by atoms with E-state index in [1.54, 1.807) is 0 Å². The van der Waals surface area contributed by atoms with Crippen molar-refractivity contribution in [3.8, 4) is 0 Å². The monoisotopic (exact) mass is 245 g/mol. The van der Waals surface area contributed by atoms with E-state index in [4.69, 9.17) is 0 Å². The molecule has 0 amide bonds. The Morgan fingerprint density at radius 1 is 1.22 bits per heavy atom.